The van der Waals surface area contributed by atoms with Crippen molar-refractivity contribution in [3.05, 3.63) is 23.8 Å². The molecule has 0 spiro atoms. The Kier molecular flexibility index (Phi) is 9.52. The predicted octanol–water partition coefficient (Wildman–Crippen LogP) is -0.734. The van der Waals surface area contributed by atoms with Crippen molar-refractivity contribution < 1.29 is 19.5 Å². The first-order valence-electron chi connectivity index (χ1n) is 9.12. The third kappa shape index (κ3) is 8.23. The first-order valence-corrected chi connectivity index (χ1v) is 9.12. The van der Waals surface area contributed by atoms with Gasteiger partial charge in [0.2, 0.25) is 11.8 Å². The molecule has 1 unspecified atom stereocenters. The van der Waals surface area contributed by atoms with E-state index < -0.39 is 24.0 Å². The Morgan fingerprint density at radius 2 is 2.00 bits per heavy atom. The normalized spacial score (nSPS) is 18.4. The van der Waals surface area contributed by atoms with Crippen molar-refractivity contribution >= 4 is 17.8 Å². The zero-order chi connectivity index (χ0) is 20.4. The SMILES string of the molecule is CC(C)[C@H](N)C(=O)N[C@@H](CCCNC(N)=O)C(=O)NC1C=CC(CO)=CC1. The maximum atomic E-state index is 12.6. The molecule has 0 saturated carbocycles. The average Bonchev–Trinajstić information content (AvgIpc) is 2.63. The molecular formula is C18H31N5O4. The molecule has 1 aliphatic rings. The van der Waals surface area contributed by atoms with Gasteiger partial charge in [-0.2, -0.15) is 0 Å². The van der Waals surface area contributed by atoms with Gasteiger partial charge in [0.1, 0.15) is 6.04 Å². The van der Waals surface area contributed by atoms with E-state index >= 15 is 0 Å². The minimum Gasteiger partial charge on any atom is -0.392 e. The first-order chi connectivity index (χ1) is 12.7. The summed E-state index contributed by atoms with van der Waals surface area (Å²) < 4.78 is 0. The van der Waals surface area contributed by atoms with Crippen molar-refractivity contribution in [3.8, 4) is 0 Å². The fourth-order valence-electron chi connectivity index (χ4n) is 2.53. The molecule has 152 valence electrons. The smallest absolute Gasteiger partial charge is 0.312 e. The summed E-state index contributed by atoms with van der Waals surface area (Å²) in [4.78, 5) is 35.6. The van der Waals surface area contributed by atoms with Crippen molar-refractivity contribution in [2.75, 3.05) is 13.2 Å². The zero-order valence-electron chi connectivity index (χ0n) is 15.9. The second-order valence-corrected chi connectivity index (χ2v) is 6.91. The number of primary amides is 1. The van der Waals surface area contributed by atoms with Crippen LogP contribution in [-0.2, 0) is 9.59 Å². The van der Waals surface area contributed by atoms with Gasteiger partial charge in [0.15, 0.2) is 0 Å². The van der Waals surface area contributed by atoms with Crippen LogP contribution in [0.4, 0.5) is 4.79 Å². The van der Waals surface area contributed by atoms with Crippen LogP contribution in [0.25, 0.3) is 0 Å². The highest BCUT2D eigenvalue weighted by Crippen LogP contribution is 2.11. The lowest BCUT2D eigenvalue weighted by molar-refractivity contribution is -0.130. The second kappa shape index (κ2) is 11.3. The van der Waals surface area contributed by atoms with Crippen LogP contribution < -0.4 is 27.4 Å². The molecular weight excluding hydrogens is 350 g/mol. The largest absolute Gasteiger partial charge is 0.392 e. The van der Waals surface area contributed by atoms with Gasteiger partial charge in [-0.25, -0.2) is 4.79 Å². The number of hydrogen-bond donors (Lipinski definition) is 6. The number of urea groups is 1. The number of carbonyl (C=O) groups excluding carboxylic acids is 3. The summed E-state index contributed by atoms with van der Waals surface area (Å²) in [6, 6.07) is -2.34. The molecule has 9 heteroatoms. The van der Waals surface area contributed by atoms with Crippen LogP contribution in [0.1, 0.15) is 33.1 Å². The minimum atomic E-state index is -0.770. The van der Waals surface area contributed by atoms with E-state index in [-0.39, 0.29) is 24.5 Å². The molecule has 0 bridgehead atoms. The summed E-state index contributed by atoms with van der Waals surface area (Å²) in [5.41, 5.74) is 11.7. The molecule has 1 rings (SSSR count). The Morgan fingerprint density at radius 1 is 1.30 bits per heavy atom. The van der Waals surface area contributed by atoms with Gasteiger partial charge in [-0.15, -0.1) is 0 Å². The van der Waals surface area contributed by atoms with Gasteiger partial charge in [-0.3, -0.25) is 9.59 Å². The van der Waals surface area contributed by atoms with Gasteiger partial charge in [-0.05, 0) is 30.8 Å². The molecule has 4 amide bonds. The number of nitrogens with two attached hydrogens (primary N) is 2. The van der Waals surface area contributed by atoms with Crippen LogP contribution in [-0.4, -0.2) is 54.2 Å². The van der Waals surface area contributed by atoms with E-state index in [1.165, 1.54) is 0 Å². The summed E-state index contributed by atoms with van der Waals surface area (Å²) in [6.45, 7) is 3.91. The zero-order valence-corrected chi connectivity index (χ0v) is 15.9. The number of aliphatic hydroxyl groups is 1. The highest BCUT2D eigenvalue weighted by molar-refractivity contribution is 5.90. The fraction of sp³-hybridized carbons (Fsp3) is 0.611. The number of amides is 4. The van der Waals surface area contributed by atoms with E-state index in [0.29, 0.717) is 25.8 Å². The van der Waals surface area contributed by atoms with Crippen LogP contribution in [0.5, 0.6) is 0 Å². The van der Waals surface area contributed by atoms with E-state index in [9.17, 15) is 14.4 Å². The third-order valence-corrected chi connectivity index (χ3v) is 4.31. The van der Waals surface area contributed by atoms with Crippen LogP contribution >= 0.6 is 0 Å². The van der Waals surface area contributed by atoms with Crippen molar-refractivity contribution in [1.29, 1.82) is 0 Å². The quantitative estimate of drug-likeness (QED) is 0.275. The van der Waals surface area contributed by atoms with Gasteiger partial charge in [0.25, 0.3) is 0 Å². The fourth-order valence-corrected chi connectivity index (χ4v) is 2.53. The number of rotatable bonds is 10. The van der Waals surface area contributed by atoms with E-state index in [1.807, 2.05) is 19.9 Å². The Morgan fingerprint density at radius 3 is 2.52 bits per heavy atom. The van der Waals surface area contributed by atoms with Gasteiger partial charge in [-0.1, -0.05) is 32.1 Å². The molecule has 9 nitrogen and oxygen atoms in total. The van der Waals surface area contributed by atoms with Crippen molar-refractivity contribution in [2.24, 2.45) is 17.4 Å². The first kappa shape index (κ1) is 22.7. The standard InChI is InChI=1S/C18H31N5O4/c1-11(2)15(19)17(26)23-14(4-3-9-21-18(20)27)16(25)22-13-7-5-12(10-24)6-8-13/h5-7,11,13-15,24H,3-4,8-10,19H2,1-2H3,(H,22,25)(H,23,26)(H3,20,21,27)/t13?,14-,15-/m0/s1. The highest BCUT2D eigenvalue weighted by Gasteiger charge is 2.26. The van der Waals surface area contributed by atoms with Gasteiger partial charge in [0.05, 0.1) is 18.7 Å². The molecule has 8 N–H and O–H groups in total. The summed E-state index contributed by atoms with van der Waals surface area (Å²) >= 11 is 0. The molecule has 0 aromatic heterocycles. The molecule has 0 fully saturated rings. The third-order valence-electron chi connectivity index (χ3n) is 4.31. The van der Waals surface area contributed by atoms with Crippen LogP contribution in [0, 0.1) is 5.92 Å². The van der Waals surface area contributed by atoms with Gasteiger partial charge >= 0.3 is 6.03 Å². The summed E-state index contributed by atoms with van der Waals surface area (Å²) in [5.74, 6) is -0.780. The maximum absolute atomic E-state index is 12.6. The lowest BCUT2D eigenvalue weighted by atomic mass is 10.0. The van der Waals surface area contributed by atoms with Crippen molar-refractivity contribution in [1.82, 2.24) is 16.0 Å². The Hall–Kier alpha value is -2.39. The molecule has 0 aliphatic heterocycles. The molecule has 0 radical (unpaired) electrons. The maximum Gasteiger partial charge on any atom is 0.312 e. The second-order valence-electron chi connectivity index (χ2n) is 6.91. The predicted molar refractivity (Wildman–Crippen MR) is 102 cm³/mol. The molecule has 0 saturated heterocycles. The summed E-state index contributed by atoms with van der Waals surface area (Å²) in [6.07, 6.45) is 6.77. The number of nitrogens with one attached hydrogen (secondary N) is 3. The lowest BCUT2D eigenvalue weighted by Gasteiger charge is -2.24. The van der Waals surface area contributed by atoms with E-state index in [1.54, 1.807) is 12.2 Å². The molecule has 0 heterocycles. The Bertz CT molecular complexity index is 588. The number of carbonyl (C=O) groups is 3. The molecule has 0 aromatic carbocycles. The average molecular weight is 381 g/mol. The number of hydrogen-bond acceptors (Lipinski definition) is 5. The lowest BCUT2D eigenvalue weighted by Crippen LogP contribution is -2.54. The van der Waals surface area contributed by atoms with Crippen LogP contribution in [0.3, 0.4) is 0 Å². The number of aliphatic hydroxyl groups excluding tert-OH is 1. The topological polar surface area (TPSA) is 160 Å². The summed E-state index contributed by atoms with van der Waals surface area (Å²) in [7, 11) is 0. The Labute approximate surface area is 159 Å². The Balaban J connectivity index is 2.66. The highest BCUT2D eigenvalue weighted by atomic mass is 16.3. The van der Waals surface area contributed by atoms with E-state index in [4.69, 9.17) is 16.6 Å². The van der Waals surface area contributed by atoms with Crippen molar-refractivity contribution in [3.63, 3.8) is 0 Å². The van der Waals surface area contributed by atoms with E-state index in [0.717, 1.165) is 5.57 Å². The van der Waals surface area contributed by atoms with Gasteiger partial charge < -0.3 is 32.5 Å². The molecule has 0 aromatic rings. The van der Waals surface area contributed by atoms with Gasteiger partial charge in [0, 0.05) is 6.54 Å². The van der Waals surface area contributed by atoms with E-state index in [2.05, 4.69) is 16.0 Å². The molecule has 1 aliphatic carbocycles. The van der Waals surface area contributed by atoms with Crippen LogP contribution in [0.2, 0.25) is 0 Å². The minimum absolute atomic E-state index is 0.0458. The molecule has 3 atom stereocenters. The molecule has 27 heavy (non-hydrogen) atoms. The van der Waals surface area contributed by atoms with Crippen LogP contribution in [0.15, 0.2) is 23.8 Å². The summed E-state index contributed by atoms with van der Waals surface area (Å²) in [5, 5.41) is 17.1. The monoisotopic (exact) mass is 381 g/mol. The van der Waals surface area contributed by atoms with Crippen molar-refractivity contribution in [2.45, 2.75) is 51.2 Å².